The lowest BCUT2D eigenvalue weighted by molar-refractivity contribution is -0.138. The lowest BCUT2D eigenvalue weighted by atomic mass is 10.1. The largest absolute Gasteiger partial charge is 0.417 e. The summed E-state index contributed by atoms with van der Waals surface area (Å²) in [6, 6.07) is 7.77. The molecule has 11 heteroatoms. The van der Waals surface area contributed by atoms with Gasteiger partial charge in [0.05, 0.1) is 24.3 Å². The Morgan fingerprint density at radius 2 is 1.91 bits per heavy atom. The summed E-state index contributed by atoms with van der Waals surface area (Å²) < 4.78 is 59.6. The van der Waals surface area contributed by atoms with Gasteiger partial charge in [-0.1, -0.05) is 0 Å². The second-order valence-electron chi connectivity index (χ2n) is 7.43. The zero-order chi connectivity index (χ0) is 23.6. The van der Waals surface area contributed by atoms with Crippen molar-refractivity contribution in [1.82, 2.24) is 9.88 Å². The third-order valence-corrected chi connectivity index (χ3v) is 6.21. The first-order chi connectivity index (χ1) is 15.7. The quantitative estimate of drug-likeness (QED) is 0.532. The molecule has 0 bridgehead atoms. The number of thiophene rings is 1. The van der Waals surface area contributed by atoms with E-state index in [4.69, 9.17) is 4.74 Å². The van der Waals surface area contributed by atoms with E-state index in [1.807, 2.05) is 6.07 Å². The Labute approximate surface area is 189 Å². The average Bonchev–Trinajstić information content (AvgIpc) is 3.23. The number of H-pyrrole nitrogens is 1. The van der Waals surface area contributed by atoms with Gasteiger partial charge >= 0.3 is 6.18 Å². The molecular formula is C22H19F4N3O3S. The van der Waals surface area contributed by atoms with Gasteiger partial charge < -0.3 is 15.0 Å². The molecule has 6 nitrogen and oxygen atoms in total. The van der Waals surface area contributed by atoms with Gasteiger partial charge in [0, 0.05) is 52.9 Å². The van der Waals surface area contributed by atoms with Crippen molar-refractivity contribution in [3.05, 3.63) is 74.8 Å². The van der Waals surface area contributed by atoms with Crippen molar-refractivity contribution in [3.63, 3.8) is 0 Å². The van der Waals surface area contributed by atoms with Gasteiger partial charge in [-0.25, -0.2) is 4.39 Å². The summed E-state index contributed by atoms with van der Waals surface area (Å²) in [6.45, 7) is 3.67. The summed E-state index contributed by atoms with van der Waals surface area (Å²) in [5, 5.41) is 2.35. The molecule has 3 aromatic rings. The number of carbonyl (C=O) groups excluding carboxylic acids is 1. The number of halogens is 4. The number of nitrogens with one attached hydrogen (secondary N) is 2. The molecule has 1 aromatic carbocycles. The standard InChI is InChI=1S/C22H19F4N3O3S/c23-18-3-1-13(28-21(31)16-11-27-20(30)10-17(16)22(24,25)26)9-15(18)19-4-2-14(33-19)12-29-5-7-32-8-6-29/h1-4,9-11H,5-8,12H2,(H,27,30)(H,28,31). The van der Waals surface area contributed by atoms with E-state index in [-0.39, 0.29) is 11.3 Å². The van der Waals surface area contributed by atoms with Crippen LogP contribution in [0.3, 0.4) is 0 Å². The van der Waals surface area contributed by atoms with E-state index in [0.717, 1.165) is 24.0 Å². The van der Waals surface area contributed by atoms with Crippen LogP contribution >= 0.6 is 11.3 Å². The van der Waals surface area contributed by atoms with Crippen molar-refractivity contribution >= 4 is 22.9 Å². The van der Waals surface area contributed by atoms with Gasteiger partial charge in [-0.2, -0.15) is 13.2 Å². The zero-order valence-corrected chi connectivity index (χ0v) is 18.0. The number of morpholine rings is 1. The maximum atomic E-state index is 14.5. The first kappa shape index (κ1) is 23.1. The van der Waals surface area contributed by atoms with Crippen LogP contribution in [-0.2, 0) is 17.5 Å². The van der Waals surface area contributed by atoms with E-state index in [9.17, 15) is 27.2 Å². The number of hydrogen-bond acceptors (Lipinski definition) is 5. The molecular weight excluding hydrogens is 462 g/mol. The highest BCUT2D eigenvalue weighted by atomic mass is 32.1. The lowest BCUT2D eigenvalue weighted by Crippen LogP contribution is -2.35. The fourth-order valence-electron chi connectivity index (χ4n) is 3.47. The van der Waals surface area contributed by atoms with E-state index >= 15 is 0 Å². The van der Waals surface area contributed by atoms with Crippen LogP contribution in [0.4, 0.5) is 23.2 Å². The number of aromatic nitrogens is 1. The molecule has 4 rings (SSSR count). The Morgan fingerprint density at radius 1 is 1.15 bits per heavy atom. The smallest absolute Gasteiger partial charge is 0.379 e. The molecule has 1 aliphatic rings. The van der Waals surface area contributed by atoms with Crippen molar-refractivity contribution in [2.24, 2.45) is 0 Å². The van der Waals surface area contributed by atoms with Gasteiger partial charge in [0.1, 0.15) is 5.82 Å². The molecule has 1 amide bonds. The molecule has 0 radical (unpaired) electrons. The second-order valence-corrected chi connectivity index (χ2v) is 8.59. The van der Waals surface area contributed by atoms with Crippen LogP contribution < -0.4 is 10.9 Å². The number of anilines is 1. The van der Waals surface area contributed by atoms with E-state index in [0.29, 0.717) is 36.9 Å². The van der Waals surface area contributed by atoms with Crippen LogP contribution in [0.2, 0.25) is 0 Å². The van der Waals surface area contributed by atoms with E-state index in [1.165, 1.54) is 23.5 Å². The summed E-state index contributed by atoms with van der Waals surface area (Å²) in [7, 11) is 0. The van der Waals surface area contributed by atoms with Crippen LogP contribution in [0, 0.1) is 5.82 Å². The van der Waals surface area contributed by atoms with Gasteiger partial charge in [0.2, 0.25) is 5.56 Å². The zero-order valence-electron chi connectivity index (χ0n) is 17.2. The summed E-state index contributed by atoms with van der Waals surface area (Å²) in [5.41, 5.74) is -2.72. The van der Waals surface area contributed by atoms with Crippen LogP contribution in [0.15, 0.2) is 47.4 Å². The van der Waals surface area contributed by atoms with Gasteiger partial charge in [-0.3, -0.25) is 14.5 Å². The Morgan fingerprint density at radius 3 is 2.64 bits per heavy atom. The van der Waals surface area contributed by atoms with E-state index in [2.05, 4.69) is 15.2 Å². The Kier molecular flexibility index (Phi) is 6.63. The number of rotatable bonds is 5. The molecule has 1 aliphatic heterocycles. The molecule has 3 heterocycles. The second kappa shape index (κ2) is 9.46. The molecule has 0 spiro atoms. The third kappa shape index (κ3) is 5.49. The molecule has 33 heavy (non-hydrogen) atoms. The summed E-state index contributed by atoms with van der Waals surface area (Å²) in [4.78, 5) is 29.8. The minimum atomic E-state index is -4.89. The average molecular weight is 481 g/mol. The third-order valence-electron chi connectivity index (χ3n) is 5.11. The first-order valence-corrected chi connectivity index (χ1v) is 10.8. The molecule has 0 saturated carbocycles. The number of benzene rings is 1. The number of pyridine rings is 1. The number of hydrogen-bond donors (Lipinski definition) is 2. The van der Waals surface area contributed by atoms with Crippen molar-refractivity contribution in [2.75, 3.05) is 31.6 Å². The van der Waals surface area contributed by atoms with Crippen LogP contribution in [-0.4, -0.2) is 42.1 Å². The van der Waals surface area contributed by atoms with Gasteiger partial charge in [0.15, 0.2) is 0 Å². The molecule has 1 saturated heterocycles. The lowest BCUT2D eigenvalue weighted by Gasteiger charge is -2.25. The Balaban J connectivity index is 1.55. The molecule has 0 aliphatic carbocycles. The molecule has 2 N–H and O–H groups in total. The molecule has 0 unspecified atom stereocenters. The van der Waals surface area contributed by atoms with Crippen LogP contribution in [0.1, 0.15) is 20.8 Å². The topological polar surface area (TPSA) is 74.4 Å². The maximum Gasteiger partial charge on any atom is 0.417 e. The predicted molar refractivity (Wildman–Crippen MR) is 116 cm³/mol. The molecule has 174 valence electrons. The van der Waals surface area contributed by atoms with Crippen LogP contribution in [0.25, 0.3) is 10.4 Å². The van der Waals surface area contributed by atoms with Gasteiger partial charge in [-0.05, 0) is 30.3 Å². The van der Waals surface area contributed by atoms with E-state index in [1.54, 1.807) is 6.07 Å². The highest BCUT2D eigenvalue weighted by Crippen LogP contribution is 2.34. The number of amides is 1. The summed E-state index contributed by atoms with van der Waals surface area (Å²) >= 11 is 1.40. The number of alkyl halides is 3. The minimum Gasteiger partial charge on any atom is -0.379 e. The number of nitrogens with zero attached hydrogens (tertiary/aromatic N) is 1. The first-order valence-electron chi connectivity index (χ1n) is 10.0. The highest BCUT2D eigenvalue weighted by molar-refractivity contribution is 7.15. The fourth-order valence-corrected chi connectivity index (χ4v) is 4.54. The number of aromatic amines is 1. The monoisotopic (exact) mass is 481 g/mol. The van der Waals surface area contributed by atoms with Gasteiger partial charge in [0.25, 0.3) is 5.91 Å². The maximum absolute atomic E-state index is 14.5. The molecule has 2 aromatic heterocycles. The Hall–Kier alpha value is -3.02. The van der Waals surface area contributed by atoms with Crippen molar-refractivity contribution < 1.29 is 27.1 Å². The van der Waals surface area contributed by atoms with E-state index < -0.39 is 34.6 Å². The summed E-state index contributed by atoms with van der Waals surface area (Å²) in [5.74, 6) is -1.59. The van der Waals surface area contributed by atoms with Crippen molar-refractivity contribution in [1.29, 1.82) is 0 Å². The van der Waals surface area contributed by atoms with Crippen LogP contribution in [0.5, 0.6) is 0 Å². The summed E-state index contributed by atoms with van der Waals surface area (Å²) in [6.07, 6.45) is -4.18. The normalized spacial score (nSPS) is 14.9. The number of ether oxygens (including phenoxy) is 1. The minimum absolute atomic E-state index is 0.124. The number of carbonyl (C=O) groups is 1. The Bertz CT molecular complexity index is 1220. The SMILES string of the molecule is O=C(Nc1ccc(F)c(-c2ccc(CN3CCOCC3)s2)c1)c1c[nH]c(=O)cc1C(F)(F)F. The predicted octanol–water partition coefficient (Wildman–Crippen LogP) is 4.35. The molecule has 0 atom stereocenters. The van der Waals surface area contributed by atoms with Gasteiger partial charge in [-0.15, -0.1) is 11.3 Å². The fraction of sp³-hybridized carbons (Fsp3) is 0.273. The molecule has 1 fully saturated rings. The van der Waals surface area contributed by atoms with Crippen molar-refractivity contribution in [3.8, 4) is 10.4 Å². The highest BCUT2D eigenvalue weighted by Gasteiger charge is 2.36. The van der Waals surface area contributed by atoms with Crippen molar-refractivity contribution in [2.45, 2.75) is 12.7 Å².